The highest BCUT2D eigenvalue weighted by Gasteiger charge is 2.69. The van der Waals surface area contributed by atoms with Crippen molar-refractivity contribution in [2.45, 2.75) is 56.4 Å². The molecule has 0 spiro atoms. The Morgan fingerprint density at radius 2 is 1.71 bits per heavy atom. The number of alkyl halides is 3. The van der Waals surface area contributed by atoms with Gasteiger partial charge >= 0.3 is 12.2 Å². The predicted octanol–water partition coefficient (Wildman–Crippen LogP) is 2.97. The third-order valence-corrected chi connectivity index (χ3v) is 5.61. The summed E-state index contributed by atoms with van der Waals surface area (Å²) < 4.78 is 52.3. The third kappa shape index (κ3) is 4.13. The predicted molar refractivity (Wildman–Crippen MR) is 103 cm³/mol. The molecule has 2 aliphatic rings. The van der Waals surface area contributed by atoms with Gasteiger partial charge < -0.3 is 14.8 Å². The fourth-order valence-corrected chi connectivity index (χ4v) is 3.96. The number of hydrogen-bond donors (Lipinski definition) is 2. The molecule has 1 saturated carbocycles. The first-order valence-corrected chi connectivity index (χ1v) is 9.91. The number of halogens is 3. The van der Waals surface area contributed by atoms with Gasteiger partial charge in [0.25, 0.3) is 17.5 Å². The molecule has 2 fully saturated rings. The van der Waals surface area contributed by atoms with Crippen molar-refractivity contribution in [2.75, 3.05) is 14.2 Å². The molecule has 0 bridgehead atoms. The lowest BCUT2D eigenvalue weighted by Gasteiger charge is -2.31. The van der Waals surface area contributed by atoms with Crippen LogP contribution in [0.2, 0.25) is 0 Å². The molecule has 1 aromatic carbocycles. The van der Waals surface area contributed by atoms with Crippen LogP contribution in [0.15, 0.2) is 18.2 Å². The number of carbonyl (C=O) groups is 3. The molecular formula is C20H24F3N3O5. The van der Waals surface area contributed by atoms with Gasteiger partial charge in [-0.25, -0.2) is 4.79 Å². The standard InChI is InChI=1S/C20H24F3N3O5/c1-30-14-10-9-12(11-15(14)31-2)16(27)24-19(20(21,22)23)17(28)26(18(29)25-19)13-7-5-3-4-6-8-13/h9-11,13H,3-8H2,1-2H3,(H,24,27)(H,25,29)/t19-/m1/s1. The Kier molecular flexibility index (Phi) is 6.33. The molecule has 0 unspecified atom stereocenters. The molecule has 2 N–H and O–H groups in total. The number of hydrogen-bond acceptors (Lipinski definition) is 5. The highest BCUT2D eigenvalue weighted by Crippen LogP contribution is 2.37. The minimum absolute atomic E-state index is 0.123. The maximum absolute atomic E-state index is 14.1. The molecule has 1 aliphatic heterocycles. The van der Waals surface area contributed by atoms with E-state index in [1.54, 1.807) is 10.6 Å². The van der Waals surface area contributed by atoms with Crippen LogP contribution in [-0.4, -0.2) is 54.8 Å². The summed E-state index contributed by atoms with van der Waals surface area (Å²) >= 11 is 0. The first kappa shape index (κ1) is 22.7. The van der Waals surface area contributed by atoms with Gasteiger partial charge in [0.05, 0.1) is 14.2 Å². The number of ether oxygens (including phenoxy) is 2. The molecule has 1 aromatic rings. The van der Waals surface area contributed by atoms with Crippen LogP contribution in [-0.2, 0) is 4.79 Å². The van der Waals surface area contributed by atoms with Crippen molar-refractivity contribution in [3.05, 3.63) is 23.8 Å². The van der Waals surface area contributed by atoms with Crippen LogP contribution in [0.5, 0.6) is 11.5 Å². The summed E-state index contributed by atoms with van der Waals surface area (Å²) in [5, 5.41) is 3.42. The van der Waals surface area contributed by atoms with Crippen molar-refractivity contribution in [3.8, 4) is 11.5 Å². The van der Waals surface area contributed by atoms with E-state index in [2.05, 4.69) is 0 Å². The topological polar surface area (TPSA) is 97.0 Å². The Bertz CT molecular complexity index is 868. The lowest BCUT2D eigenvalue weighted by Crippen LogP contribution is -2.69. The number of benzene rings is 1. The number of imide groups is 1. The quantitative estimate of drug-likeness (QED) is 0.539. The van der Waals surface area contributed by atoms with Gasteiger partial charge in [-0.1, -0.05) is 25.7 Å². The highest BCUT2D eigenvalue weighted by molar-refractivity contribution is 6.10. The number of methoxy groups -OCH3 is 2. The number of carbonyl (C=O) groups excluding carboxylic acids is 3. The highest BCUT2D eigenvalue weighted by atomic mass is 19.4. The van der Waals surface area contributed by atoms with Crippen molar-refractivity contribution in [2.24, 2.45) is 0 Å². The van der Waals surface area contributed by atoms with E-state index in [4.69, 9.17) is 9.47 Å². The second-order valence-electron chi connectivity index (χ2n) is 7.52. The first-order valence-electron chi connectivity index (χ1n) is 9.91. The van der Waals surface area contributed by atoms with Gasteiger partial charge in [-0.2, -0.15) is 13.2 Å². The SMILES string of the molecule is COc1ccc(C(=O)N[C@@]2(C(F)(F)F)NC(=O)N(C3CCCCCC3)C2=O)cc1OC. The Hall–Kier alpha value is -2.98. The summed E-state index contributed by atoms with van der Waals surface area (Å²) in [5.74, 6) is -2.33. The van der Waals surface area contributed by atoms with Crippen LogP contribution >= 0.6 is 0 Å². The number of urea groups is 1. The van der Waals surface area contributed by atoms with Gasteiger partial charge in [0.15, 0.2) is 11.5 Å². The zero-order chi connectivity index (χ0) is 22.8. The minimum Gasteiger partial charge on any atom is -0.493 e. The van der Waals surface area contributed by atoms with E-state index in [1.807, 2.05) is 0 Å². The summed E-state index contributed by atoms with van der Waals surface area (Å²) in [6.45, 7) is 0. The number of amides is 4. The molecule has 8 nitrogen and oxygen atoms in total. The van der Waals surface area contributed by atoms with Crippen molar-refractivity contribution >= 4 is 17.8 Å². The molecule has 170 valence electrons. The fourth-order valence-electron chi connectivity index (χ4n) is 3.96. The second-order valence-corrected chi connectivity index (χ2v) is 7.52. The van der Waals surface area contributed by atoms with Gasteiger partial charge in [-0.15, -0.1) is 0 Å². The van der Waals surface area contributed by atoms with Gasteiger partial charge in [0.1, 0.15) is 0 Å². The average molecular weight is 443 g/mol. The van der Waals surface area contributed by atoms with Crippen molar-refractivity contribution in [1.82, 2.24) is 15.5 Å². The molecule has 1 atom stereocenters. The maximum Gasteiger partial charge on any atom is 0.440 e. The third-order valence-electron chi connectivity index (χ3n) is 5.61. The zero-order valence-corrected chi connectivity index (χ0v) is 17.2. The summed E-state index contributed by atoms with van der Waals surface area (Å²) in [4.78, 5) is 38.7. The largest absolute Gasteiger partial charge is 0.493 e. The van der Waals surface area contributed by atoms with Gasteiger partial charge in [0, 0.05) is 11.6 Å². The summed E-state index contributed by atoms with van der Waals surface area (Å²) in [6, 6.07) is 1.95. The molecular weight excluding hydrogens is 419 g/mol. The number of nitrogens with zero attached hydrogens (tertiary/aromatic N) is 1. The smallest absolute Gasteiger partial charge is 0.440 e. The van der Waals surface area contributed by atoms with E-state index < -0.39 is 35.7 Å². The molecule has 0 radical (unpaired) electrons. The minimum atomic E-state index is -5.26. The lowest BCUT2D eigenvalue weighted by atomic mass is 10.0. The van der Waals surface area contributed by atoms with Crippen LogP contribution in [0.4, 0.5) is 18.0 Å². The monoisotopic (exact) mass is 443 g/mol. The van der Waals surface area contributed by atoms with Crippen LogP contribution < -0.4 is 20.1 Å². The van der Waals surface area contributed by atoms with Crippen LogP contribution in [0, 0.1) is 0 Å². The molecule has 31 heavy (non-hydrogen) atoms. The van der Waals surface area contributed by atoms with E-state index in [1.165, 1.54) is 32.4 Å². The molecule has 1 aliphatic carbocycles. The number of rotatable bonds is 5. The van der Waals surface area contributed by atoms with E-state index in [-0.39, 0.29) is 17.1 Å². The zero-order valence-electron chi connectivity index (χ0n) is 17.2. The van der Waals surface area contributed by atoms with E-state index in [0.29, 0.717) is 30.6 Å². The van der Waals surface area contributed by atoms with Gasteiger partial charge in [-0.3, -0.25) is 19.8 Å². The van der Waals surface area contributed by atoms with Crippen LogP contribution in [0.1, 0.15) is 48.9 Å². The average Bonchev–Trinajstić information content (AvgIpc) is 2.90. The Balaban J connectivity index is 1.92. The van der Waals surface area contributed by atoms with Crippen LogP contribution in [0.25, 0.3) is 0 Å². The summed E-state index contributed by atoms with van der Waals surface area (Å²) in [7, 11) is 2.67. The van der Waals surface area contributed by atoms with E-state index in [0.717, 1.165) is 12.8 Å². The molecule has 3 rings (SSSR count). The molecule has 4 amide bonds. The van der Waals surface area contributed by atoms with E-state index in [9.17, 15) is 27.6 Å². The lowest BCUT2D eigenvalue weighted by molar-refractivity contribution is -0.200. The van der Waals surface area contributed by atoms with Crippen LogP contribution in [0.3, 0.4) is 0 Å². The first-order chi connectivity index (χ1) is 14.6. The fraction of sp³-hybridized carbons (Fsp3) is 0.550. The van der Waals surface area contributed by atoms with Gasteiger partial charge in [0.2, 0.25) is 0 Å². The summed E-state index contributed by atoms with van der Waals surface area (Å²) in [6.07, 6.45) is -1.21. The molecule has 1 saturated heterocycles. The van der Waals surface area contributed by atoms with Gasteiger partial charge in [-0.05, 0) is 31.0 Å². The Labute approximate surface area is 177 Å². The normalized spacial score (nSPS) is 22.7. The van der Waals surface area contributed by atoms with E-state index >= 15 is 0 Å². The van der Waals surface area contributed by atoms with Crippen molar-refractivity contribution < 1.29 is 37.0 Å². The number of nitrogens with one attached hydrogen (secondary N) is 2. The van der Waals surface area contributed by atoms with Crippen molar-refractivity contribution in [3.63, 3.8) is 0 Å². The second kappa shape index (κ2) is 8.64. The van der Waals surface area contributed by atoms with Crippen molar-refractivity contribution in [1.29, 1.82) is 0 Å². The molecule has 11 heteroatoms. The maximum atomic E-state index is 14.1. The molecule has 0 aromatic heterocycles. The Morgan fingerprint density at radius 1 is 1.10 bits per heavy atom. The molecule has 1 heterocycles. The Morgan fingerprint density at radius 3 is 2.26 bits per heavy atom. The summed E-state index contributed by atoms with van der Waals surface area (Å²) in [5.41, 5.74) is -3.74.